The standard InChI is InChI=1S/C15H19ClN4OS2/c1-8(2)17-13(21)10(4)22-15-20-19-14(23-15)18-11-6-5-9(3)12(16)7-11/h5-8,10H,1-4H3,(H,17,21)(H,18,19). The summed E-state index contributed by atoms with van der Waals surface area (Å²) in [6.45, 7) is 7.69. The van der Waals surface area contributed by atoms with E-state index in [0.717, 1.165) is 15.6 Å². The SMILES string of the molecule is Cc1ccc(Nc2nnc(SC(C)C(=O)NC(C)C)s2)cc1Cl. The minimum absolute atomic E-state index is 0.0000237. The summed E-state index contributed by atoms with van der Waals surface area (Å²) in [5.41, 5.74) is 1.88. The van der Waals surface area contributed by atoms with Gasteiger partial charge in [-0.2, -0.15) is 0 Å². The molecule has 1 heterocycles. The zero-order valence-electron chi connectivity index (χ0n) is 13.4. The predicted molar refractivity (Wildman–Crippen MR) is 98.0 cm³/mol. The Morgan fingerprint density at radius 3 is 2.70 bits per heavy atom. The van der Waals surface area contributed by atoms with E-state index in [2.05, 4.69) is 20.8 Å². The lowest BCUT2D eigenvalue weighted by Gasteiger charge is -2.12. The number of anilines is 2. The van der Waals surface area contributed by atoms with Gasteiger partial charge in [0.25, 0.3) is 0 Å². The van der Waals surface area contributed by atoms with Crippen LogP contribution in [0.25, 0.3) is 0 Å². The lowest BCUT2D eigenvalue weighted by molar-refractivity contribution is -0.120. The minimum atomic E-state index is -0.216. The van der Waals surface area contributed by atoms with Crippen molar-refractivity contribution in [3.63, 3.8) is 0 Å². The molecule has 0 radical (unpaired) electrons. The number of nitrogens with one attached hydrogen (secondary N) is 2. The molecule has 124 valence electrons. The van der Waals surface area contributed by atoms with Gasteiger partial charge in [0.2, 0.25) is 11.0 Å². The average Bonchev–Trinajstić information content (AvgIpc) is 2.89. The number of hydrogen-bond acceptors (Lipinski definition) is 6. The quantitative estimate of drug-likeness (QED) is 0.744. The van der Waals surface area contributed by atoms with E-state index in [4.69, 9.17) is 11.6 Å². The molecule has 0 aliphatic heterocycles. The molecule has 0 aliphatic rings. The van der Waals surface area contributed by atoms with Crippen molar-refractivity contribution in [2.45, 2.75) is 43.3 Å². The Balaban J connectivity index is 1.97. The zero-order valence-corrected chi connectivity index (χ0v) is 15.8. The van der Waals surface area contributed by atoms with Crippen LogP contribution in [0.15, 0.2) is 22.5 Å². The van der Waals surface area contributed by atoms with Crippen LogP contribution in [-0.2, 0) is 4.79 Å². The molecule has 0 aliphatic carbocycles. The number of halogens is 1. The van der Waals surface area contributed by atoms with Crippen LogP contribution in [0, 0.1) is 6.92 Å². The molecule has 8 heteroatoms. The summed E-state index contributed by atoms with van der Waals surface area (Å²) >= 11 is 8.92. The van der Waals surface area contributed by atoms with Crippen molar-refractivity contribution in [3.8, 4) is 0 Å². The molecule has 2 N–H and O–H groups in total. The van der Waals surface area contributed by atoms with Crippen LogP contribution in [0.2, 0.25) is 5.02 Å². The van der Waals surface area contributed by atoms with E-state index < -0.39 is 0 Å². The van der Waals surface area contributed by atoms with Crippen molar-refractivity contribution in [2.75, 3.05) is 5.32 Å². The van der Waals surface area contributed by atoms with Gasteiger partial charge in [0, 0.05) is 16.8 Å². The summed E-state index contributed by atoms with van der Waals surface area (Å²) in [4.78, 5) is 11.9. The summed E-state index contributed by atoms with van der Waals surface area (Å²) in [5.74, 6) is 0.0000237. The Morgan fingerprint density at radius 1 is 1.30 bits per heavy atom. The van der Waals surface area contributed by atoms with Gasteiger partial charge in [0.1, 0.15) is 0 Å². The second kappa shape index (κ2) is 7.99. The molecule has 0 fully saturated rings. The van der Waals surface area contributed by atoms with Crippen LogP contribution in [0.4, 0.5) is 10.8 Å². The number of nitrogens with zero attached hydrogens (tertiary/aromatic N) is 2. The minimum Gasteiger partial charge on any atom is -0.353 e. The van der Waals surface area contributed by atoms with E-state index in [1.165, 1.54) is 23.1 Å². The molecule has 0 bridgehead atoms. The van der Waals surface area contributed by atoms with Gasteiger partial charge in [0.05, 0.1) is 5.25 Å². The number of aromatic nitrogens is 2. The van der Waals surface area contributed by atoms with Gasteiger partial charge in [-0.05, 0) is 45.4 Å². The van der Waals surface area contributed by atoms with Crippen molar-refractivity contribution in [2.24, 2.45) is 0 Å². The first kappa shape index (κ1) is 18.0. The van der Waals surface area contributed by atoms with Crippen LogP contribution < -0.4 is 10.6 Å². The number of rotatable bonds is 6. The third-order valence-corrected chi connectivity index (χ3v) is 5.34. The molecule has 1 unspecified atom stereocenters. The van der Waals surface area contributed by atoms with E-state index in [1.54, 1.807) is 0 Å². The van der Waals surface area contributed by atoms with Crippen molar-refractivity contribution >= 4 is 51.4 Å². The smallest absolute Gasteiger partial charge is 0.233 e. The van der Waals surface area contributed by atoms with Gasteiger partial charge < -0.3 is 10.6 Å². The number of benzene rings is 1. The van der Waals surface area contributed by atoms with Crippen LogP contribution in [-0.4, -0.2) is 27.4 Å². The monoisotopic (exact) mass is 370 g/mol. The molecule has 1 amide bonds. The Labute approximate surface area is 149 Å². The zero-order chi connectivity index (χ0) is 17.0. The fourth-order valence-electron chi connectivity index (χ4n) is 1.71. The van der Waals surface area contributed by atoms with Crippen LogP contribution in [0.1, 0.15) is 26.3 Å². The van der Waals surface area contributed by atoms with Gasteiger partial charge >= 0.3 is 0 Å². The second-order valence-corrected chi connectivity index (χ2v) is 8.36. The summed E-state index contributed by atoms with van der Waals surface area (Å²) < 4.78 is 0.747. The first-order valence-corrected chi connectivity index (χ1v) is 9.26. The van der Waals surface area contributed by atoms with E-state index in [9.17, 15) is 4.79 Å². The molecular weight excluding hydrogens is 352 g/mol. The highest BCUT2D eigenvalue weighted by Crippen LogP contribution is 2.31. The Bertz CT molecular complexity index is 690. The van der Waals surface area contributed by atoms with Crippen LogP contribution in [0.3, 0.4) is 0 Å². The molecule has 0 saturated carbocycles. The molecule has 2 rings (SSSR count). The molecular formula is C15H19ClN4OS2. The lowest BCUT2D eigenvalue weighted by atomic mass is 10.2. The maximum Gasteiger partial charge on any atom is 0.233 e. The molecule has 1 aromatic heterocycles. The highest BCUT2D eigenvalue weighted by atomic mass is 35.5. The van der Waals surface area contributed by atoms with Gasteiger partial charge in [-0.3, -0.25) is 4.79 Å². The van der Waals surface area contributed by atoms with Crippen molar-refractivity contribution in [1.82, 2.24) is 15.5 Å². The summed E-state index contributed by atoms with van der Waals surface area (Å²) in [6.07, 6.45) is 0. The van der Waals surface area contributed by atoms with Crippen LogP contribution >= 0.6 is 34.7 Å². The highest BCUT2D eigenvalue weighted by molar-refractivity contribution is 8.02. The maximum atomic E-state index is 11.9. The van der Waals surface area contributed by atoms with Gasteiger partial charge in [-0.1, -0.05) is 40.8 Å². The highest BCUT2D eigenvalue weighted by Gasteiger charge is 2.17. The maximum absolute atomic E-state index is 11.9. The largest absolute Gasteiger partial charge is 0.353 e. The average molecular weight is 371 g/mol. The number of hydrogen-bond donors (Lipinski definition) is 2. The second-order valence-electron chi connectivity index (χ2n) is 5.39. The van der Waals surface area contributed by atoms with Crippen molar-refractivity contribution < 1.29 is 4.79 Å². The number of amides is 1. The Kier molecular flexibility index (Phi) is 6.26. The molecule has 23 heavy (non-hydrogen) atoms. The van der Waals surface area contributed by atoms with Gasteiger partial charge in [-0.25, -0.2) is 0 Å². The first-order valence-electron chi connectivity index (χ1n) is 7.19. The number of carbonyl (C=O) groups is 1. The van der Waals surface area contributed by atoms with E-state index in [0.29, 0.717) is 10.2 Å². The van der Waals surface area contributed by atoms with Crippen LogP contribution in [0.5, 0.6) is 0 Å². The van der Waals surface area contributed by atoms with E-state index in [1.807, 2.05) is 45.9 Å². The van der Waals surface area contributed by atoms with Gasteiger partial charge in [-0.15, -0.1) is 10.2 Å². The van der Waals surface area contributed by atoms with Crippen molar-refractivity contribution in [1.29, 1.82) is 0 Å². The summed E-state index contributed by atoms with van der Waals surface area (Å²) in [5, 5.41) is 15.4. The first-order chi connectivity index (χ1) is 10.8. The molecule has 1 aromatic carbocycles. The Hall–Kier alpha value is -1.31. The molecule has 1 atom stereocenters. The predicted octanol–water partition coefficient (Wildman–Crippen LogP) is 4.25. The number of aryl methyl sites for hydroxylation is 1. The normalized spacial score (nSPS) is 12.3. The van der Waals surface area contributed by atoms with E-state index >= 15 is 0 Å². The molecule has 2 aromatic rings. The summed E-state index contributed by atoms with van der Waals surface area (Å²) in [7, 11) is 0. The van der Waals surface area contributed by atoms with Gasteiger partial charge in [0.15, 0.2) is 4.34 Å². The number of thioether (sulfide) groups is 1. The fraction of sp³-hybridized carbons (Fsp3) is 0.400. The molecule has 0 saturated heterocycles. The molecule has 5 nitrogen and oxygen atoms in total. The third kappa shape index (κ3) is 5.37. The Morgan fingerprint density at radius 2 is 2.04 bits per heavy atom. The summed E-state index contributed by atoms with van der Waals surface area (Å²) in [6, 6.07) is 5.86. The topological polar surface area (TPSA) is 66.9 Å². The third-order valence-electron chi connectivity index (χ3n) is 2.91. The fourth-order valence-corrected chi connectivity index (χ4v) is 3.81. The number of carbonyl (C=O) groups excluding carboxylic acids is 1. The van der Waals surface area contributed by atoms with Crippen molar-refractivity contribution in [3.05, 3.63) is 28.8 Å². The van der Waals surface area contributed by atoms with E-state index in [-0.39, 0.29) is 17.2 Å². The lowest BCUT2D eigenvalue weighted by Crippen LogP contribution is -2.35. The molecule has 0 spiro atoms.